The molecule has 1 aromatic carbocycles. The van der Waals surface area contributed by atoms with Gasteiger partial charge in [0.25, 0.3) is 0 Å². The van der Waals surface area contributed by atoms with Crippen molar-refractivity contribution in [2.75, 3.05) is 13.1 Å². The normalized spacial score (nSPS) is 22.3. The molecule has 0 aliphatic carbocycles. The molecule has 134 valence electrons. The van der Waals surface area contributed by atoms with Crippen LogP contribution in [0.2, 0.25) is 0 Å². The van der Waals surface area contributed by atoms with Crippen LogP contribution in [-0.2, 0) is 9.59 Å². The lowest BCUT2D eigenvalue weighted by molar-refractivity contribution is -0.227. The number of carbonyl (C=O) groups is 2. The predicted molar refractivity (Wildman–Crippen MR) is 81.9 cm³/mol. The molecule has 25 heavy (non-hydrogen) atoms. The van der Waals surface area contributed by atoms with E-state index in [9.17, 15) is 22.8 Å². The van der Waals surface area contributed by atoms with Gasteiger partial charge >= 0.3 is 12.1 Å². The first-order valence-corrected chi connectivity index (χ1v) is 7.73. The Kier molecular flexibility index (Phi) is 4.01. The van der Waals surface area contributed by atoms with Crippen molar-refractivity contribution >= 4 is 22.8 Å². The summed E-state index contributed by atoms with van der Waals surface area (Å²) < 4.78 is 45.3. The van der Waals surface area contributed by atoms with Crippen LogP contribution in [0, 0.1) is 5.41 Å². The first-order chi connectivity index (χ1) is 11.7. The summed E-state index contributed by atoms with van der Waals surface area (Å²) in [5, 5.41) is 9.86. The Morgan fingerprint density at radius 1 is 1.32 bits per heavy atom. The smallest absolute Gasteiger partial charge is 0.406 e. The zero-order valence-electron chi connectivity index (χ0n) is 13.3. The minimum atomic E-state index is -4.92. The molecule has 0 radical (unpaired) electrons. The first-order valence-electron chi connectivity index (χ1n) is 7.73. The molecular formula is C17H16F3NO4. The molecule has 1 fully saturated rings. The van der Waals surface area contributed by atoms with E-state index in [4.69, 9.17) is 9.52 Å². The largest absolute Gasteiger partial charge is 0.481 e. The van der Waals surface area contributed by atoms with E-state index in [0.717, 1.165) is 10.3 Å². The number of benzene rings is 1. The fourth-order valence-corrected chi connectivity index (χ4v) is 3.14. The summed E-state index contributed by atoms with van der Waals surface area (Å²) in [5.41, 5.74) is -2.33. The Balaban J connectivity index is 1.82. The van der Waals surface area contributed by atoms with Gasteiger partial charge in [-0.1, -0.05) is 18.2 Å². The maximum atomic E-state index is 13.2. The molecule has 5 nitrogen and oxygen atoms in total. The number of halogens is 3. The summed E-state index contributed by atoms with van der Waals surface area (Å²) in [7, 11) is 0. The van der Waals surface area contributed by atoms with Gasteiger partial charge in [-0.3, -0.25) is 9.59 Å². The molecule has 8 heteroatoms. The number of carboxylic acid groups (broad SMARTS) is 1. The minimum Gasteiger partial charge on any atom is -0.481 e. The quantitative estimate of drug-likeness (QED) is 0.916. The van der Waals surface area contributed by atoms with Gasteiger partial charge in [0.2, 0.25) is 5.91 Å². The third-order valence-electron chi connectivity index (χ3n) is 4.77. The summed E-state index contributed by atoms with van der Waals surface area (Å²) in [6, 6.07) is 8.77. The second-order valence-electron chi connectivity index (χ2n) is 6.30. The van der Waals surface area contributed by atoms with Gasteiger partial charge in [-0.15, -0.1) is 0 Å². The fraction of sp³-hybridized carbons (Fsp3) is 0.412. The van der Waals surface area contributed by atoms with Gasteiger partial charge < -0.3 is 14.4 Å². The maximum absolute atomic E-state index is 13.2. The number of fused-ring (bicyclic) bond motifs is 1. The van der Waals surface area contributed by atoms with Crippen LogP contribution in [0.4, 0.5) is 13.2 Å². The van der Waals surface area contributed by atoms with Crippen LogP contribution >= 0.6 is 0 Å². The van der Waals surface area contributed by atoms with Crippen molar-refractivity contribution in [1.82, 2.24) is 4.90 Å². The molecule has 1 saturated heterocycles. The molecule has 2 heterocycles. The SMILES string of the molecule is CC(C(=O)N1CCC(C(=O)O)(C(F)(F)F)C1)c1cc2ccccc2o1. The Labute approximate surface area is 141 Å². The molecule has 1 N–H and O–H groups in total. The van der Waals surface area contributed by atoms with Crippen LogP contribution in [-0.4, -0.2) is 41.1 Å². The van der Waals surface area contributed by atoms with Crippen molar-refractivity contribution in [2.45, 2.75) is 25.4 Å². The molecular weight excluding hydrogens is 339 g/mol. The van der Waals surface area contributed by atoms with Crippen molar-refractivity contribution in [3.63, 3.8) is 0 Å². The van der Waals surface area contributed by atoms with Crippen molar-refractivity contribution in [3.05, 3.63) is 36.1 Å². The second kappa shape index (κ2) is 5.79. The number of rotatable bonds is 3. The Morgan fingerprint density at radius 3 is 2.56 bits per heavy atom. The van der Waals surface area contributed by atoms with Crippen molar-refractivity contribution in [1.29, 1.82) is 0 Å². The molecule has 2 aromatic rings. The highest BCUT2D eigenvalue weighted by Crippen LogP contribution is 2.46. The standard InChI is InChI=1S/C17H16F3NO4/c1-10(13-8-11-4-2-3-5-12(11)25-13)14(22)21-7-6-16(9-21,15(23)24)17(18,19)20/h2-5,8,10H,6-7,9H2,1H3,(H,23,24). The number of hydrogen-bond acceptors (Lipinski definition) is 3. The molecule has 1 aromatic heterocycles. The summed E-state index contributed by atoms with van der Waals surface area (Å²) in [5.74, 6) is -2.99. The fourth-order valence-electron chi connectivity index (χ4n) is 3.14. The van der Waals surface area contributed by atoms with Gasteiger partial charge in [-0.25, -0.2) is 0 Å². The number of carbonyl (C=O) groups excluding carboxylic acids is 1. The number of carboxylic acids is 1. The highest BCUT2D eigenvalue weighted by Gasteiger charge is 2.64. The van der Waals surface area contributed by atoms with E-state index >= 15 is 0 Å². The number of aliphatic carboxylic acids is 1. The maximum Gasteiger partial charge on any atom is 0.406 e. The van der Waals surface area contributed by atoms with Crippen molar-refractivity contribution in [3.8, 4) is 0 Å². The molecule has 0 spiro atoms. The highest BCUT2D eigenvalue weighted by molar-refractivity contribution is 5.87. The molecule has 3 rings (SSSR count). The third-order valence-corrected chi connectivity index (χ3v) is 4.77. The van der Waals surface area contributed by atoms with E-state index in [0.29, 0.717) is 11.3 Å². The zero-order chi connectivity index (χ0) is 18.4. The topological polar surface area (TPSA) is 70.8 Å². The van der Waals surface area contributed by atoms with Gasteiger partial charge in [0.1, 0.15) is 11.3 Å². The second-order valence-corrected chi connectivity index (χ2v) is 6.30. The number of nitrogens with zero attached hydrogens (tertiary/aromatic N) is 1. The van der Waals surface area contributed by atoms with E-state index in [2.05, 4.69) is 0 Å². The van der Waals surface area contributed by atoms with Gasteiger partial charge in [0, 0.05) is 18.5 Å². The highest BCUT2D eigenvalue weighted by atomic mass is 19.4. The number of alkyl halides is 3. The predicted octanol–water partition coefficient (Wildman–Crippen LogP) is 3.40. The first kappa shape index (κ1) is 17.3. The van der Waals surface area contributed by atoms with E-state index < -0.39 is 42.4 Å². The van der Waals surface area contributed by atoms with E-state index in [-0.39, 0.29) is 6.54 Å². The Bertz CT molecular complexity index is 796. The van der Waals surface area contributed by atoms with E-state index in [1.54, 1.807) is 30.3 Å². The summed E-state index contributed by atoms with van der Waals surface area (Å²) in [6.45, 7) is 0.402. The van der Waals surface area contributed by atoms with Crippen molar-refractivity contribution < 1.29 is 32.3 Å². The van der Waals surface area contributed by atoms with E-state index in [1.807, 2.05) is 0 Å². The van der Waals surface area contributed by atoms with Crippen LogP contribution in [0.5, 0.6) is 0 Å². The molecule has 2 unspecified atom stereocenters. The van der Waals surface area contributed by atoms with E-state index in [1.165, 1.54) is 6.92 Å². The van der Waals surface area contributed by atoms with Crippen LogP contribution in [0.1, 0.15) is 25.0 Å². The number of para-hydroxylation sites is 1. The molecule has 0 bridgehead atoms. The number of amides is 1. The Hall–Kier alpha value is -2.51. The molecule has 1 amide bonds. The summed E-state index contributed by atoms with van der Waals surface area (Å²) in [6.07, 6.45) is -5.57. The average Bonchev–Trinajstić information content (AvgIpc) is 3.17. The van der Waals surface area contributed by atoms with Gasteiger partial charge in [-0.05, 0) is 25.5 Å². The monoisotopic (exact) mass is 355 g/mol. The van der Waals surface area contributed by atoms with Gasteiger partial charge in [0.05, 0.1) is 5.92 Å². The molecule has 1 aliphatic heterocycles. The van der Waals surface area contributed by atoms with Crippen molar-refractivity contribution in [2.24, 2.45) is 5.41 Å². The number of furan rings is 1. The number of hydrogen-bond donors (Lipinski definition) is 1. The third kappa shape index (κ3) is 2.75. The summed E-state index contributed by atoms with van der Waals surface area (Å²) >= 11 is 0. The van der Waals surface area contributed by atoms with Crippen LogP contribution < -0.4 is 0 Å². The molecule has 2 atom stereocenters. The zero-order valence-corrected chi connectivity index (χ0v) is 13.3. The summed E-state index contributed by atoms with van der Waals surface area (Å²) in [4.78, 5) is 24.7. The van der Waals surface area contributed by atoms with Crippen LogP contribution in [0.25, 0.3) is 11.0 Å². The number of likely N-dealkylation sites (tertiary alicyclic amines) is 1. The van der Waals surface area contributed by atoms with Crippen LogP contribution in [0.15, 0.2) is 34.7 Å². The lowest BCUT2D eigenvalue weighted by Crippen LogP contribution is -2.48. The van der Waals surface area contributed by atoms with Gasteiger partial charge in [0.15, 0.2) is 5.41 Å². The minimum absolute atomic E-state index is 0.255. The van der Waals surface area contributed by atoms with Crippen LogP contribution in [0.3, 0.4) is 0 Å². The molecule has 1 aliphatic rings. The molecule has 0 saturated carbocycles. The van der Waals surface area contributed by atoms with Gasteiger partial charge in [-0.2, -0.15) is 13.2 Å². The lowest BCUT2D eigenvalue weighted by Gasteiger charge is -2.27. The lowest BCUT2D eigenvalue weighted by atomic mass is 9.86. The Morgan fingerprint density at radius 2 is 2.00 bits per heavy atom. The average molecular weight is 355 g/mol.